The van der Waals surface area contributed by atoms with Crippen LogP contribution < -0.4 is 15.4 Å². The normalized spacial score (nSPS) is 15.9. The molecule has 2 N–H and O–H groups in total. The van der Waals surface area contributed by atoms with E-state index in [0.29, 0.717) is 6.04 Å². The first kappa shape index (κ1) is 24.5. The van der Waals surface area contributed by atoms with Crippen molar-refractivity contribution in [3.8, 4) is 5.75 Å². The zero-order valence-electron chi connectivity index (χ0n) is 18.1. The van der Waals surface area contributed by atoms with Gasteiger partial charge >= 0.3 is 0 Å². The summed E-state index contributed by atoms with van der Waals surface area (Å²) >= 11 is 0. The van der Waals surface area contributed by atoms with Gasteiger partial charge in [0.1, 0.15) is 5.75 Å². The van der Waals surface area contributed by atoms with E-state index in [2.05, 4.69) is 54.3 Å². The van der Waals surface area contributed by atoms with Gasteiger partial charge in [-0.2, -0.15) is 0 Å². The molecule has 1 unspecified atom stereocenters. The third kappa shape index (κ3) is 7.46. The molecule has 1 saturated heterocycles. The number of halogens is 1. The summed E-state index contributed by atoms with van der Waals surface area (Å²) < 4.78 is 7.42. The summed E-state index contributed by atoms with van der Waals surface area (Å²) in [6.45, 7) is 4.94. The molecule has 8 heteroatoms. The van der Waals surface area contributed by atoms with Crippen molar-refractivity contribution in [3.05, 3.63) is 48.5 Å². The minimum absolute atomic E-state index is 0. The molecular weight excluding hydrogens is 491 g/mol. The Labute approximate surface area is 197 Å². The Balaban J connectivity index is 0.00000320. The molecule has 3 rings (SSSR count). The maximum absolute atomic E-state index is 5.33. The second-order valence-electron chi connectivity index (χ2n) is 7.42. The molecule has 2 heterocycles. The lowest BCUT2D eigenvalue weighted by molar-refractivity contribution is 0.164. The zero-order valence-corrected chi connectivity index (χ0v) is 20.4. The highest BCUT2D eigenvalue weighted by Crippen LogP contribution is 2.25. The van der Waals surface area contributed by atoms with Crippen molar-refractivity contribution < 1.29 is 4.74 Å². The molecule has 1 aromatic carbocycles. The van der Waals surface area contributed by atoms with E-state index >= 15 is 0 Å². The predicted molar refractivity (Wildman–Crippen MR) is 133 cm³/mol. The van der Waals surface area contributed by atoms with Gasteiger partial charge in [0.05, 0.1) is 19.5 Å². The van der Waals surface area contributed by atoms with E-state index in [0.717, 1.165) is 50.9 Å². The summed E-state index contributed by atoms with van der Waals surface area (Å²) in [7, 11) is 3.54. The van der Waals surface area contributed by atoms with Gasteiger partial charge in [-0.15, -0.1) is 24.0 Å². The Morgan fingerprint density at radius 3 is 2.57 bits per heavy atom. The van der Waals surface area contributed by atoms with E-state index in [4.69, 9.17) is 4.74 Å². The third-order valence-electron chi connectivity index (χ3n) is 5.46. The molecule has 1 aliphatic rings. The largest absolute Gasteiger partial charge is 0.497 e. The number of hydrogen-bond acceptors (Lipinski definition) is 4. The number of likely N-dealkylation sites (tertiary alicyclic amines) is 1. The Morgan fingerprint density at radius 1 is 1.17 bits per heavy atom. The van der Waals surface area contributed by atoms with Crippen molar-refractivity contribution in [2.75, 3.05) is 40.3 Å². The Hall–Kier alpha value is -1.81. The van der Waals surface area contributed by atoms with Gasteiger partial charge in [0.2, 0.25) is 0 Å². The van der Waals surface area contributed by atoms with E-state index in [9.17, 15) is 0 Å². The third-order valence-corrected chi connectivity index (χ3v) is 5.46. The van der Waals surface area contributed by atoms with Gasteiger partial charge in [0.15, 0.2) is 5.96 Å². The molecule has 0 bridgehead atoms. The number of rotatable bonds is 9. The van der Waals surface area contributed by atoms with Crippen LogP contribution in [0.15, 0.2) is 48.0 Å². The number of hydrogen-bond donors (Lipinski definition) is 2. The summed E-state index contributed by atoms with van der Waals surface area (Å²) in [5.41, 5.74) is 1.32. The van der Waals surface area contributed by atoms with Crippen molar-refractivity contribution >= 4 is 29.9 Å². The molecule has 0 saturated carbocycles. The molecule has 166 valence electrons. The summed E-state index contributed by atoms with van der Waals surface area (Å²) in [6, 6.07) is 8.79. The number of aliphatic imine (C=N–C) groups is 1. The van der Waals surface area contributed by atoms with Crippen LogP contribution in [0.3, 0.4) is 0 Å². The minimum Gasteiger partial charge on any atom is -0.497 e. The maximum atomic E-state index is 5.33. The van der Waals surface area contributed by atoms with E-state index in [1.54, 1.807) is 7.11 Å². The van der Waals surface area contributed by atoms with Crippen LogP contribution in [-0.4, -0.2) is 60.7 Å². The number of benzene rings is 1. The van der Waals surface area contributed by atoms with E-state index in [1.807, 2.05) is 25.8 Å². The number of ether oxygens (including phenoxy) is 1. The number of methoxy groups -OCH3 is 1. The van der Waals surface area contributed by atoms with Gasteiger partial charge in [-0.25, -0.2) is 4.98 Å². The van der Waals surface area contributed by atoms with Gasteiger partial charge in [-0.05, 0) is 50.0 Å². The smallest absolute Gasteiger partial charge is 0.191 e. The monoisotopic (exact) mass is 526 g/mol. The van der Waals surface area contributed by atoms with Crippen molar-refractivity contribution in [1.82, 2.24) is 25.1 Å². The zero-order chi connectivity index (χ0) is 20.3. The lowest BCUT2D eigenvalue weighted by Crippen LogP contribution is -2.44. The van der Waals surface area contributed by atoms with Crippen LogP contribution in [0, 0.1) is 0 Å². The van der Waals surface area contributed by atoms with Crippen LogP contribution >= 0.6 is 24.0 Å². The fraction of sp³-hybridized carbons (Fsp3) is 0.545. The molecular formula is C22H35IN6O. The fourth-order valence-corrected chi connectivity index (χ4v) is 3.82. The molecule has 1 fully saturated rings. The van der Waals surface area contributed by atoms with Gasteiger partial charge in [0, 0.05) is 39.1 Å². The second-order valence-corrected chi connectivity index (χ2v) is 7.42. The number of aryl methyl sites for hydroxylation is 1. The SMILES string of the molecule is CN=C(NCCCn1ccnc1)NCC(c1ccc(OC)cc1)N1CCCCC1.I. The van der Waals surface area contributed by atoms with Crippen molar-refractivity contribution in [3.63, 3.8) is 0 Å². The Morgan fingerprint density at radius 2 is 1.93 bits per heavy atom. The average Bonchev–Trinajstić information content (AvgIpc) is 3.30. The Bertz CT molecular complexity index is 729. The van der Waals surface area contributed by atoms with Crippen molar-refractivity contribution in [2.24, 2.45) is 4.99 Å². The molecule has 0 radical (unpaired) electrons. The summed E-state index contributed by atoms with van der Waals surface area (Å²) in [5, 5.41) is 6.96. The molecule has 7 nitrogen and oxygen atoms in total. The predicted octanol–water partition coefficient (Wildman–Crippen LogP) is 3.29. The van der Waals surface area contributed by atoms with E-state index in [1.165, 1.54) is 24.8 Å². The fourth-order valence-electron chi connectivity index (χ4n) is 3.82. The van der Waals surface area contributed by atoms with Crippen LogP contribution in [-0.2, 0) is 6.54 Å². The first-order valence-electron chi connectivity index (χ1n) is 10.6. The highest BCUT2D eigenvalue weighted by Gasteiger charge is 2.22. The molecule has 0 aliphatic carbocycles. The number of nitrogens with zero attached hydrogens (tertiary/aromatic N) is 4. The number of imidazole rings is 1. The maximum Gasteiger partial charge on any atom is 0.191 e. The second kappa shape index (κ2) is 13.5. The molecule has 30 heavy (non-hydrogen) atoms. The van der Waals surface area contributed by atoms with Crippen LogP contribution in [0.2, 0.25) is 0 Å². The van der Waals surface area contributed by atoms with Crippen LogP contribution in [0.5, 0.6) is 5.75 Å². The summed E-state index contributed by atoms with van der Waals surface area (Å²) in [4.78, 5) is 11.1. The van der Waals surface area contributed by atoms with E-state index in [-0.39, 0.29) is 24.0 Å². The lowest BCUT2D eigenvalue weighted by Gasteiger charge is -2.35. The van der Waals surface area contributed by atoms with Gasteiger partial charge in [0.25, 0.3) is 0 Å². The van der Waals surface area contributed by atoms with Crippen LogP contribution in [0.1, 0.15) is 37.3 Å². The first-order valence-corrected chi connectivity index (χ1v) is 10.6. The van der Waals surface area contributed by atoms with Crippen molar-refractivity contribution in [1.29, 1.82) is 0 Å². The van der Waals surface area contributed by atoms with Gasteiger partial charge < -0.3 is 19.9 Å². The molecule has 1 atom stereocenters. The standard InChI is InChI=1S/C22H34N6O.HI/c1-23-22(25-11-6-13-27-16-12-24-18-27)26-17-21(28-14-4-3-5-15-28)19-7-9-20(29-2)10-8-19;/h7-10,12,16,18,21H,3-6,11,13-15,17H2,1-2H3,(H2,23,25,26);1H. The molecule has 1 aromatic heterocycles. The quantitative estimate of drug-likeness (QED) is 0.227. The summed E-state index contributed by atoms with van der Waals surface area (Å²) in [6.07, 6.45) is 10.6. The average molecular weight is 526 g/mol. The van der Waals surface area contributed by atoms with Gasteiger partial charge in [-0.1, -0.05) is 18.6 Å². The Kier molecular flexibility index (Phi) is 11.0. The number of nitrogens with one attached hydrogen (secondary N) is 2. The van der Waals surface area contributed by atoms with Crippen LogP contribution in [0.25, 0.3) is 0 Å². The highest BCUT2D eigenvalue weighted by atomic mass is 127. The summed E-state index contributed by atoms with van der Waals surface area (Å²) in [5.74, 6) is 1.75. The minimum atomic E-state index is 0. The number of piperidine rings is 1. The van der Waals surface area contributed by atoms with Gasteiger partial charge in [-0.3, -0.25) is 9.89 Å². The lowest BCUT2D eigenvalue weighted by atomic mass is 10.0. The highest BCUT2D eigenvalue weighted by molar-refractivity contribution is 14.0. The topological polar surface area (TPSA) is 66.7 Å². The first-order chi connectivity index (χ1) is 14.3. The van der Waals surface area contributed by atoms with Crippen molar-refractivity contribution in [2.45, 2.75) is 38.3 Å². The molecule has 2 aromatic rings. The molecule has 0 amide bonds. The van der Waals surface area contributed by atoms with E-state index < -0.39 is 0 Å². The molecule has 1 aliphatic heterocycles. The van der Waals surface area contributed by atoms with Crippen LogP contribution in [0.4, 0.5) is 0 Å². The number of aromatic nitrogens is 2. The number of guanidine groups is 1. The molecule has 0 spiro atoms.